The first-order chi connectivity index (χ1) is 9.36. The van der Waals surface area contributed by atoms with Gasteiger partial charge in [-0.05, 0) is 75.2 Å². The fourth-order valence-electron chi connectivity index (χ4n) is 2.54. The van der Waals surface area contributed by atoms with Gasteiger partial charge in [-0.1, -0.05) is 6.07 Å². The van der Waals surface area contributed by atoms with Gasteiger partial charge in [-0.15, -0.1) is 0 Å². The quantitative estimate of drug-likeness (QED) is 0.695. The van der Waals surface area contributed by atoms with Gasteiger partial charge in [-0.2, -0.15) is 13.2 Å². The number of nitrogens with one attached hydrogen (secondary N) is 1. The van der Waals surface area contributed by atoms with Crippen LogP contribution in [-0.4, -0.2) is 12.2 Å². The normalized spacial score (nSPS) is 23.9. The van der Waals surface area contributed by atoms with Crippen LogP contribution in [0.3, 0.4) is 0 Å². The van der Waals surface area contributed by atoms with Crippen molar-refractivity contribution in [1.82, 2.24) is 5.32 Å². The summed E-state index contributed by atoms with van der Waals surface area (Å²) in [5.74, 6) is -1.11. The van der Waals surface area contributed by atoms with Crippen LogP contribution in [0, 0.1) is 5.92 Å². The van der Waals surface area contributed by atoms with Crippen LogP contribution in [0.5, 0.6) is 0 Å². The fourth-order valence-corrected chi connectivity index (χ4v) is 3.21. The molecule has 0 spiro atoms. The predicted molar refractivity (Wildman–Crippen MR) is 80.5 cm³/mol. The van der Waals surface area contributed by atoms with Gasteiger partial charge < -0.3 is 5.32 Å². The molecule has 6 heteroatoms. The average molecular weight is 415 g/mol. The van der Waals surface area contributed by atoms with Gasteiger partial charge in [-0.25, -0.2) is 0 Å². The number of halogens is 5. The van der Waals surface area contributed by atoms with Crippen molar-refractivity contribution in [2.75, 3.05) is 0 Å². The van der Waals surface area contributed by atoms with E-state index in [0.717, 1.165) is 14.5 Å². The number of benzene rings is 1. The molecule has 1 aliphatic carbocycles. The summed E-state index contributed by atoms with van der Waals surface area (Å²) in [5.41, 5.74) is 1.12. The number of hydrogen-bond donors (Lipinski definition) is 1. The molecule has 0 saturated heterocycles. The summed E-state index contributed by atoms with van der Waals surface area (Å²) in [6.45, 7) is 0.688. The van der Waals surface area contributed by atoms with Crippen molar-refractivity contribution in [3.05, 3.63) is 32.7 Å². The van der Waals surface area contributed by atoms with Crippen molar-refractivity contribution in [3.63, 3.8) is 0 Å². The van der Waals surface area contributed by atoms with Crippen LogP contribution in [0.15, 0.2) is 27.1 Å². The second-order valence-corrected chi connectivity index (χ2v) is 6.93. The minimum atomic E-state index is -4.03. The zero-order valence-corrected chi connectivity index (χ0v) is 14.0. The third-order valence-corrected chi connectivity index (χ3v) is 5.65. The molecule has 1 aliphatic rings. The van der Waals surface area contributed by atoms with Crippen LogP contribution in [-0.2, 0) is 6.54 Å². The molecule has 0 aliphatic heterocycles. The molecule has 2 rings (SSSR count). The van der Waals surface area contributed by atoms with E-state index in [1.54, 1.807) is 0 Å². The first-order valence-corrected chi connectivity index (χ1v) is 8.19. The van der Waals surface area contributed by atoms with E-state index in [4.69, 9.17) is 0 Å². The van der Waals surface area contributed by atoms with Gasteiger partial charge in [0.05, 0.1) is 5.92 Å². The SMILES string of the molecule is FC(F)(F)C1CCC(NCc2ccc(Br)c(Br)c2)CC1. The van der Waals surface area contributed by atoms with Crippen molar-refractivity contribution in [2.24, 2.45) is 5.92 Å². The fraction of sp³-hybridized carbons (Fsp3) is 0.571. The van der Waals surface area contributed by atoms with Gasteiger partial charge in [-0.3, -0.25) is 0 Å². The van der Waals surface area contributed by atoms with E-state index >= 15 is 0 Å². The molecule has 0 unspecified atom stereocenters. The number of hydrogen-bond acceptors (Lipinski definition) is 1. The maximum Gasteiger partial charge on any atom is 0.391 e. The van der Waals surface area contributed by atoms with Gasteiger partial charge in [0.25, 0.3) is 0 Å². The summed E-state index contributed by atoms with van der Waals surface area (Å²) in [6, 6.07) is 6.17. The summed E-state index contributed by atoms with van der Waals surface area (Å²) in [7, 11) is 0. The Kier molecular flexibility index (Phi) is 5.54. The smallest absolute Gasteiger partial charge is 0.310 e. The highest BCUT2D eigenvalue weighted by atomic mass is 79.9. The van der Waals surface area contributed by atoms with Crippen molar-refractivity contribution in [2.45, 2.75) is 44.4 Å². The Morgan fingerprint density at radius 1 is 1.05 bits per heavy atom. The molecule has 1 fully saturated rings. The Hall–Kier alpha value is -0.0700. The lowest BCUT2D eigenvalue weighted by molar-refractivity contribution is -0.182. The van der Waals surface area contributed by atoms with Gasteiger partial charge in [0.15, 0.2) is 0 Å². The van der Waals surface area contributed by atoms with E-state index in [1.165, 1.54) is 0 Å². The Bertz CT molecular complexity index is 454. The topological polar surface area (TPSA) is 12.0 Å². The molecular formula is C14H16Br2F3N. The van der Waals surface area contributed by atoms with Gasteiger partial charge in [0, 0.05) is 21.5 Å². The predicted octanol–water partition coefficient (Wildman–Crippen LogP) is 5.42. The minimum absolute atomic E-state index is 0.191. The van der Waals surface area contributed by atoms with Crippen LogP contribution >= 0.6 is 31.9 Å². The molecule has 1 saturated carbocycles. The summed E-state index contributed by atoms with van der Waals surface area (Å²) < 4.78 is 39.7. The zero-order chi connectivity index (χ0) is 14.8. The van der Waals surface area contributed by atoms with E-state index in [9.17, 15) is 13.2 Å². The number of alkyl halides is 3. The highest BCUT2D eigenvalue weighted by Crippen LogP contribution is 2.37. The van der Waals surface area contributed by atoms with Crippen LogP contribution in [0.1, 0.15) is 31.2 Å². The molecule has 1 nitrogen and oxygen atoms in total. The maximum atomic E-state index is 12.6. The minimum Gasteiger partial charge on any atom is -0.310 e. The van der Waals surface area contributed by atoms with E-state index in [0.29, 0.717) is 19.4 Å². The Morgan fingerprint density at radius 2 is 1.70 bits per heavy atom. The van der Waals surface area contributed by atoms with E-state index in [-0.39, 0.29) is 18.9 Å². The second kappa shape index (κ2) is 6.79. The molecule has 0 atom stereocenters. The molecule has 112 valence electrons. The van der Waals surface area contributed by atoms with Crippen molar-refractivity contribution >= 4 is 31.9 Å². The van der Waals surface area contributed by atoms with Gasteiger partial charge in [0.2, 0.25) is 0 Å². The largest absolute Gasteiger partial charge is 0.391 e. The average Bonchev–Trinajstić information content (AvgIpc) is 2.40. The third kappa shape index (κ3) is 4.46. The molecule has 20 heavy (non-hydrogen) atoms. The maximum absolute atomic E-state index is 12.6. The second-order valence-electron chi connectivity index (χ2n) is 5.22. The lowest BCUT2D eigenvalue weighted by atomic mass is 9.85. The van der Waals surface area contributed by atoms with E-state index in [2.05, 4.69) is 37.2 Å². The number of rotatable bonds is 3. The highest BCUT2D eigenvalue weighted by molar-refractivity contribution is 9.13. The summed E-state index contributed by atoms with van der Waals surface area (Å²) in [4.78, 5) is 0. The van der Waals surface area contributed by atoms with Gasteiger partial charge in [0.1, 0.15) is 0 Å². The van der Waals surface area contributed by atoms with Crippen molar-refractivity contribution < 1.29 is 13.2 Å². The van der Waals surface area contributed by atoms with E-state index < -0.39 is 12.1 Å². The van der Waals surface area contributed by atoms with Crippen LogP contribution in [0.2, 0.25) is 0 Å². The Balaban J connectivity index is 1.80. The third-order valence-electron chi connectivity index (χ3n) is 3.77. The monoisotopic (exact) mass is 413 g/mol. The molecule has 1 aromatic carbocycles. The zero-order valence-electron chi connectivity index (χ0n) is 10.8. The summed E-state index contributed by atoms with van der Waals surface area (Å²) >= 11 is 6.85. The summed E-state index contributed by atoms with van der Waals surface area (Å²) in [5, 5.41) is 3.35. The molecule has 0 heterocycles. The molecule has 1 aromatic rings. The molecular weight excluding hydrogens is 399 g/mol. The molecule has 1 N–H and O–H groups in total. The molecule has 0 radical (unpaired) electrons. The Morgan fingerprint density at radius 3 is 2.25 bits per heavy atom. The standard InChI is InChI=1S/C14H16Br2F3N/c15-12-6-1-9(7-13(12)16)8-20-11-4-2-10(3-5-11)14(17,18)19/h1,6-7,10-11,20H,2-5,8H2. The van der Waals surface area contributed by atoms with E-state index in [1.807, 2.05) is 18.2 Å². The van der Waals surface area contributed by atoms with Crippen LogP contribution in [0.4, 0.5) is 13.2 Å². The first-order valence-electron chi connectivity index (χ1n) is 6.60. The highest BCUT2D eigenvalue weighted by Gasteiger charge is 2.41. The lowest BCUT2D eigenvalue weighted by Gasteiger charge is -2.30. The van der Waals surface area contributed by atoms with Crippen molar-refractivity contribution in [3.8, 4) is 0 Å². The first kappa shape index (κ1) is 16.3. The Labute approximate surface area is 133 Å². The van der Waals surface area contributed by atoms with Crippen LogP contribution < -0.4 is 5.32 Å². The van der Waals surface area contributed by atoms with Gasteiger partial charge >= 0.3 is 6.18 Å². The molecule has 0 aromatic heterocycles. The molecule has 0 bridgehead atoms. The van der Waals surface area contributed by atoms with Crippen LogP contribution in [0.25, 0.3) is 0 Å². The summed E-state index contributed by atoms with van der Waals surface area (Å²) in [6.07, 6.45) is -2.35. The molecule has 0 amide bonds. The lowest BCUT2D eigenvalue weighted by Crippen LogP contribution is -2.36. The van der Waals surface area contributed by atoms with Crippen molar-refractivity contribution in [1.29, 1.82) is 0 Å².